The molecule has 6 nitrogen and oxygen atoms in total. The Morgan fingerprint density at radius 1 is 1.14 bits per heavy atom. The van der Waals surface area contributed by atoms with Crippen LogP contribution in [0.5, 0.6) is 5.75 Å². The van der Waals surface area contributed by atoms with Crippen LogP contribution >= 0.6 is 0 Å². The summed E-state index contributed by atoms with van der Waals surface area (Å²) in [6.07, 6.45) is 0.770. The van der Waals surface area contributed by atoms with Gasteiger partial charge in [0.15, 0.2) is 0 Å². The van der Waals surface area contributed by atoms with Crippen molar-refractivity contribution >= 4 is 22.6 Å². The van der Waals surface area contributed by atoms with Crippen LogP contribution in [-0.4, -0.2) is 48.7 Å². The lowest BCUT2D eigenvalue weighted by molar-refractivity contribution is 0.174. The van der Waals surface area contributed by atoms with Gasteiger partial charge < -0.3 is 20.3 Å². The summed E-state index contributed by atoms with van der Waals surface area (Å²) in [5.74, 6) is 0.768. The van der Waals surface area contributed by atoms with E-state index in [9.17, 15) is 4.79 Å². The van der Waals surface area contributed by atoms with E-state index in [1.54, 1.807) is 12.0 Å². The van der Waals surface area contributed by atoms with E-state index in [0.29, 0.717) is 13.1 Å². The lowest BCUT2D eigenvalue weighted by Gasteiger charge is -2.42. The summed E-state index contributed by atoms with van der Waals surface area (Å²) in [5.41, 5.74) is 9.80. The minimum Gasteiger partial charge on any atom is -0.494 e. The molecular formula is C23H26N4O2. The van der Waals surface area contributed by atoms with Crippen LogP contribution in [0.1, 0.15) is 11.3 Å². The predicted octanol–water partition coefficient (Wildman–Crippen LogP) is 3.36. The maximum atomic E-state index is 12.0. The van der Waals surface area contributed by atoms with E-state index >= 15 is 0 Å². The molecule has 0 bridgehead atoms. The van der Waals surface area contributed by atoms with Crippen LogP contribution in [0.3, 0.4) is 0 Å². The summed E-state index contributed by atoms with van der Waals surface area (Å²) in [7, 11) is 1.67. The molecule has 1 saturated heterocycles. The zero-order valence-electron chi connectivity index (χ0n) is 16.8. The summed E-state index contributed by atoms with van der Waals surface area (Å²) >= 11 is 0. The predicted molar refractivity (Wildman–Crippen MR) is 115 cm³/mol. The summed E-state index contributed by atoms with van der Waals surface area (Å²) in [4.78, 5) is 20.8. The molecule has 2 amide bonds. The minimum absolute atomic E-state index is 0.0132. The van der Waals surface area contributed by atoms with Crippen LogP contribution in [0.2, 0.25) is 0 Å². The third-order valence-electron chi connectivity index (χ3n) is 5.58. The first-order valence-electron chi connectivity index (χ1n) is 9.86. The molecule has 1 atom stereocenters. The van der Waals surface area contributed by atoms with Crippen molar-refractivity contribution in [3.8, 4) is 5.75 Å². The molecule has 2 heterocycles. The van der Waals surface area contributed by atoms with Gasteiger partial charge >= 0.3 is 6.03 Å². The van der Waals surface area contributed by atoms with Crippen molar-refractivity contribution in [3.63, 3.8) is 0 Å². The van der Waals surface area contributed by atoms with Gasteiger partial charge in [0.25, 0.3) is 0 Å². The maximum absolute atomic E-state index is 12.0. The van der Waals surface area contributed by atoms with Gasteiger partial charge in [-0.25, -0.2) is 9.78 Å². The number of piperazine rings is 1. The Morgan fingerprint density at radius 3 is 2.66 bits per heavy atom. The van der Waals surface area contributed by atoms with E-state index in [-0.39, 0.29) is 12.1 Å². The molecule has 4 rings (SSSR count). The Kier molecular flexibility index (Phi) is 5.25. The third-order valence-corrected chi connectivity index (χ3v) is 5.58. The Hall–Kier alpha value is -3.28. The van der Waals surface area contributed by atoms with Crippen LogP contribution in [0.4, 0.5) is 10.5 Å². The van der Waals surface area contributed by atoms with Crippen LogP contribution in [0.15, 0.2) is 54.6 Å². The highest BCUT2D eigenvalue weighted by atomic mass is 16.5. The fraction of sp³-hybridized carbons (Fsp3) is 0.304. The van der Waals surface area contributed by atoms with E-state index in [0.717, 1.165) is 41.0 Å². The van der Waals surface area contributed by atoms with Gasteiger partial charge in [0, 0.05) is 36.4 Å². The van der Waals surface area contributed by atoms with Gasteiger partial charge in [-0.3, -0.25) is 0 Å². The largest absolute Gasteiger partial charge is 0.494 e. The van der Waals surface area contributed by atoms with Crippen LogP contribution in [0.25, 0.3) is 10.9 Å². The van der Waals surface area contributed by atoms with Gasteiger partial charge in [0.2, 0.25) is 0 Å². The average molecular weight is 390 g/mol. The Balaban J connectivity index is 1.68. The van der Waals surface area contributed by atoms with Crippen molar-refractivity contribution in [2.75, 3.05) is 31.6 Å². The summed E-state index contributed by atoms with van der Waals surface area (Å²) in [6, 6.07) is 18.1. The molecule has 1 fully saturated rings. The number of rotatable bonds is 4. The number of methoxy groups -OCH3 is 1. The van der Waals surface area contributed by atoms with Gasteiger partial charge in [0.1, 0.15) is 11.3 Å². The quantitative estimate of drug-likeness (QED) is 0.741. The van der Waals surface area contributed by atoms with E-state index in [2.05, 4.69) is 29.2 Å². The van der Waals surface area contributed by atoms with E-state index < -0.39 is 0 Å². The molecule has 29 heavy (non-hydrogen) atoms. The van der Waals surface area contributed by atoms with Crippen LogP contribution in [0, 0.1) is 6.92 Å². The second kappa shape index (κ2) is 7.99. The lowest BCUT2D eigenvalue weighted by atomic mass is 10.0. The average Bonchev–Trinajstić information content (AvgIpc) is 2.73. The highest BCUT2D eigenvalue weighted by Gasteiger charge is 2.30. The number of nitrogens with two attached hydrogens (primary N) is 1. The third kappa shape index (κ3) is 3.83. The topological polar surface area (TPSA) is 71.7 Å². The van der Waals surface area contributed by atoms with Gasteiger partial charge in [0.05, 0.1) is 13.2 Å². The van der Waals surface area contributed by atoms with Gasteiger partial charge in [-0.15, -0.1) is 0 Å². The van der Waals surface area contributed by atoms with Crippen molar-refractivity contribution in [2.45, 2.75) is 19.4 Å². The molecule has 0 unspecified atom stereocenters. The molecule has 0 radical (unpaired) electrons. The number of pyridine rings is 1. The zero-order chi connectivity index (χ0) is 20.4. The number of carbonyl (C=O) groups excluding carboxylic acids is 1. The molecule has 1 aliphatic rings. The van der Waals surface area contributed by atoms with E-state index in [1.165, 1.54) is 5.56 Å². The van der Waals surface area contributed by atoms with Crippen LogP contribution in [-0.2, 0) is 6.42 Å². The number of aryl methyl sites for hydroxylation is 1. The second-order valence-corrected chi connectivity index (χ2v) is 7.46. The SMILES string of the molecule is COc1ccc(N2CCN(C(N)=O)[C@@H](Cc3ccccc3)C2)c2ccc(C)nc12. The number of aromatic nitrogens is 1. The van der Waals surface area contributed by atoms with Crippen molar-refractivity contribution in [1.82, 2.24) is 9.88 Å². The van der Waals surface area contributed by atoms with Crippen molar-refractivity contribution in [1.29, 1.82) is 0 Å². The lowest BCUT2D eigenvalue weighted by Crippen LogP contribution is -2.57. The Morgan fingerprint density at radius 2 is 1.93 bits per heavy atom. The molecule has 2 aromatic carbocycles. The number of carbonyl (C=O) groups is 1. The zero-order valence-corrected chi connectivity index (χ0v) is 16.8. The standard InChI is InChI=1S/C23H26N4O2/c1-16-8-9-19-20(10-11-21(29-2)22(19)25-16)26-12-13-27(23(24)28)18(15-26)14-17-6-4-3-5-7-17/h3-11,18H,12-15H2,1-2H3,(H2,24,28)/t18-/m0/s1. The van der Waals surface area contributed by atoms with Crippen molar-refractivity contribution in [2.24, 2.45) is 5.73 Å². The number of anilines is 1. The number of primary amides is 1. The molecule has 1 aromatic heterocycles. The molecular weight excluding hydrogens is 364 g/mol. The van der Waals surface area contributed by atoms with Crippen molar-refractivity contribution in [3.05, 3.63) is 65.9 Å². The molecule has 2 N–H and O–H groups in total. The van der Waals surface area contributed by atoms with Gasteiger partial charge in [-0.05, 0) is 43.2 Å². The van der Waals surface area contributed by atoms with Gasteiger partial charge in [-0.1, -0.05) is 30.3 Å². The number of benzene rings is 2. The number of nitrogens with zero attached hydrogens (tertiary/aromatic N) is 3. The number of fused-ring (bicyclic) bond motifs is 1. The molecule has 3 aromatic rings. The normalized spacial score (nSPS) is 16.8. The monoisotopic (exact) mass is 390 g/mol. The first-order valence-corrected chi connectivity index (χ1v) is 9.86. The van der Waals surface area contributed by atoms with Crippen molar-refractivity contribution < 1.29 is 9.53 Å². The minimum atomic E-state index is -0.359. The van der Waals surface area contributed by atoms with Gasteiger partial charge in [-0.2, -0.15) is 0 Å². The fourth-order valence-corrected chi connectivity index (χ4v) is 4.14. The fourth-order valence-electron chi connectivity index (χ4n) is 4.14. The van der Waals surface area contributed by atoms with E-state index in [4.69, 9.17) is 15.5 Å². The van der Waals surface area contributed by atoms with Crippen LogP contribution < -0.4 is 15.4 Å². The number of ether oxygens (including phenoxy) is 1. The smallest absolute Gasteiger partial charge is 0.315 e. The summed E-state index contributed by atoms with van der Waals surface area (Å²) in [6.45, 7) is 4.02. The first kappa shape index (κ1) is 19.1. The molecule has 0 saturated carbocycles. The highest BCUT2D eigenvalue weighted by Crippen LogP contribution is 2.34. The molecule has 150 valence electrons. The number of hydrogen-bond acceptors (Lipinski definition) is 4. The molecule has 6 heteroatoms. The second-order valence-electron chi connectivity index (χ2n) is 7.46. The Labute approximate surface area is 170 Å². The number of amides is 2. The molecule has 1 aliphatic heterocycles. The number of hydrogen-bond donors (Lipinski definition) is 1. The van der Waals surface area contributed by atoms with E-state index in [1.807, 2.05) is 37.3 Å². The first-order chi connectivity index (χ1) is 14.1. The summed E-state index contributed by atoms with van der Waals surface area (Å²) in [5, 5.41) is 1.06. The maximum Gasteiger partial charge on any atom is 0.315 e. The number of urea groups is 1. The highest BCUT2D eigenvalue weighted by molar-refractivity contribution is 5.96. The molecule has 0 aliphatic carbocycles. The molecule has 0 spiro atoms. The Bertz CT molecular complexity index is 1020. The summed E-state index contributed by atoms with van der Waals surface area (Å²) < 4.78 is 5.52.